The highest BCUT2D eigenvalue weighted by Crippen LogP contribution is 2.38. The Bertz CT molecular complexity index is 1140. The monoisotopic (exact) mass is 522 g/mol. The first-order chi connectivity index (χ1) is 16.0. The number of carbonyl (C=O) groups is 3. The Balaban J connectivity index is 1.38. The molecule has 0 unspecified atom stereocenters. The molecule has 0 atom stereocenters. The number of nitrogens with zero attached hydrogens (tertiary/aromatic N) is 2. The molecule has 1 aliphatic rings. The summed E-state index contributed by atoms with van der Waals surface area (Å²) in [4.78, 5) is 39.1. The molecule has 2 N–H and O–H groups in total. The van der Waals surface area contributed by atoms with Crippen LogP contribution in [0.25, 0.3) is 0 Å². The van der Waals surface area contributed by atoms with Gasteiger partial charge in [0.25, 0.3) is 5.91 Å². The summed E-state index contributed by atoms with van der Waals surface area (Å²) >= 11 is 5.25. The first-order valence-electron chi connectivity index (χ1n) is 10.5. The molecule has 0 aliphatic heterocycles. The van der Waals surface area contributed by atoms with Crippen molar-refractivity contribution in [2.45, 2.75) is 43.4 Å². The molecule has 8 nitrogen and oxygen atoms in total. The molecule has 0 saturated carbocycles. The van der Waals surface area contributed by atoms with Crippen molar-refractivity contribution < 1.29 is 19.1 Å². The Labute approximate surface area is 207 Å². The lowest BCUT2D eigenvalue weighted by molar-refractivity contribution is -0.113. The molecule has 33 heavy (non-hydrogen) atoms. The summed E-state index contributed by atoms with van der Waals surface area (Å²) in [6.45, 7) is 2.06. The number of hydrogen-bond acceptors (Lipinski definition) is 10. The number of thiophene rings is 2. The second-order valence-corrected chi connectivity index (χ2v) is 11.4. The molecule has 2 amide bonds. The summed E-state index contributed by atoms with van der Waals surface area (Å²) < 4.78 is 5.84. The third kappa shape index (κ3) is 5.99. The molecular formula is C21H22N4O4S4. The number of thioether (sulfide) groups is 1. The molecule has 0 bridgehead atoms. The average molecular weight is 523 g/mol. The van der Waals surface area contributed by atoms with Gasteiger partial charge < -0.3 is 10.1 Å². The summed E-state index contributed by atoms with van der Waals surface area (Å²) in [6.07, 6.45) is 5.00. The lowest BCUT2D eigenvalue weighted by Crippen LogP contribution is -2.16. The highest BCUT2D eigenvalue weighted by atomic mass is 32.2. The second-order valence-electron chi connectivity index (χ2n) is 7.13. The number of rotatable bonds is 8. The maximum absolute atomic E-state index is 12.6. The number of nitrogens with one attached hydrogen (secondary N) is 2. The minimum absolute atomic E-state index is 0.109. The second kappa shape index (κ2) is 11.2. The summed E-state index contributed by atoms with van der Waals surface area (Å²) in [5.41, 5.74) is 1.53. The number of hydrogen-bond donors (Lipinski definition) is 2. The Morgan fingerprint density at radius 3 is 2.76 bits per heavy atom. The van der Waals surface area contributed by atoms with E-state index in [1.165, 1.54) is 45.8 Å². The number of anilines is 2. The van der Waals surface area contributed by atoms with E-state index < -0.39 is 0 Å². The highest BCUT2D eigenvalue weighted by molar-refractivity contribution is 8.01. The Kier molecular flexibility index (Phi) is 8.12. The first kappa shape index (κ1) is 23.9. The molecule has 4 rings (SSSR count). The van der Waals surface area contributed by atoms with Crippen LogP contribution in [0.2, 0.25) is 0 Å². The number of amides is 2. The van der Waals surface area contributed by atoms with Crippen LogP contribution in [-0.2, 0) is 22.4 Å². The number of carbonyl (C=O) groups excluding carboxylic acids is 3. The van der Waals surface area contributed by atoms with Crippen molar-refractivity contribution in [3.8, 4) is 0 Å². The zero-order valence-corrected chi connectivity index (χ0v) is 21.1. The van der Waals surface area contributed by atoms with Crippen LogP contribution in [0.3, 0.4) is 0 Å². The van der Waals surface area contributed by atoms with Crippen LogP contribution < -0.4 is 10.6 Å². The average Bonchev–Trinajstić information content (AvgIpc) is 3.51. The van der Waals surface area contributed by atoms with Crippen molar-refractivity contribution >= 4 is 73.7 Å². The van der Waals surface area contributed by atoms with Crippen molar-refractivity contribution in [2.75, 3.05) is 23.0 Å². The van der Waals surface area contributed by atoms with Gasteiger partial charge in [-0.1, -0.05) is 35.6 Å². The topological polar surface area (TPSA) is 110 Å². The van der Waals surface area contributed by atoms with Gasteiger partial charge in [-0.15, -0.1) is 32.9 Å². The SMILES string of the molecule is CCOC(=O)c1c(NC(=O)CSc2nnc(NC(=O)c3cccs3)s2)sc2c1CCCCC2. The van der Waals surface area contributed by atoms with E-state index in [2.05, 4.69) is 20.8 Å². The van der Waals surface area contributed by atoms with E-state index in [9.17, 15) is 14.4 Å². The number of fused-ring (bicyclic) bond motifs is 1. The molecular weight excluding hydrogens is 501 g/mol. The lowest BCUT2D eigenvalue weighted by atomic mass is 10.1. The van der Waals surface area contributed by atoms with Crippen molar-refractivity contribution in [3.63, 3.8) is 0 Å². The minimum Gasteiger partial charge on any atom is -0.462 e. The lowest BCUT2D eigenvalue weighted by Gasteiger charge is -2.08. The van der Waals surface area contributed by atoms with Gasteiger partial charge in [0.1, 0.15) is 5.00 Å². The number of aryl methyl sites for hydroxylation is 1. The minimum atomic E-state index is -0.380. The van der Waals surface area contributed by atoms with E-state index in [0.29, 0.717) is 24.9 Å². The number of esters is 1. The fourth-order valence-corrected chi connectivity index (χ4v) is 6.88. The molecule has 3 aromatic rings. The van der Waals surface area contributed by atoms with Gasteiger partial charge in [-0.25, -0.2) is 4.79 Å². The van der Waals surface area contributed by atoms with Gasteiger partial charge in [0.15, 0.2) is 4.34 Å². The van der Waals surface area contributed by atoms with Crippen LogP contribution in [0.15, 0.2) is 21.9 Å². The smallest absolute Gasteiger partial charge is 0.341 e. The standard InChI is InChI=1S/C21H22N4O4S4/c1-2-29-19(28)16-12-7-4-3-5-8-13(12)32-18(16)22-15(26)11-31-21-25-24-20(33-21)23-17(27)14-9-6-10-30-14/h6,9-10H,2-5,7-8,11H2,1H3,(H,22,26)(H,23,24,27). The van der Waals surface area contributed by atoms with Crippen LogP contribution in [0.1, 0.15) is 56.7 Å². The van der Waals surface area contributed by atoms with E-state index in [1.54, 1.807) is 19.1 Å². The summed E-state index contributed by atoms with van der Waals surface area (Å²) in [5, 5.41) is 16.4. The van der Waals surface area contributed by atoms with Crippen LogP contribution in [0.5, 0.6) is 0 Å². The van der Waals surface area contributed by atoms with Gasteiger partial charge >= 0.3 is 5.97 Å². The zero-order chi connectivity index (χ0) is 23.2. The molecule has 0 spiro atoms. The van der Waals surface area contributed by atoms with Gasteiger partial charge in [-0.2, -0.15) is 0 Å². The fourth-order valence-electron chi connectivity index (χ4n) is 3.43. The largest absolute Gasteiger partial charge is 0.462 e. The van der Waals surface area contributed by atoms with Gasteiger partial charge in [0, 0.05) is 4.88 Å². The van der Waals surface area contributed by atoms with Gasteiger partial charge in [0.05, 0.1) is 22.8 Å². The van der Waals surface area contributed by atoms with Crippen molar-refractivity contribution in [1.29, 1.82) is 0 Å². The maximum atomic E-state index is 12.6. The summed E-state index contributed by atoms with van der Waals surface area (Å²) in [5.74, 6) is -0.742. The van der Waals surface area contributed by atoms with E-state index in [1.807, 2.05) is 5.38 Å². The maximum Gasteiger partial charge on any atom is 0.341 e. The highest BCUT2D eigenvalue weighted by Gasteiger charge is 2.26. The van der Waals surface area contributed by atoms with Crippen molar-refractivity contribution in [3.05, 3.63) is 38.4 Å². The normalized spacial score (nSPS) is 13.1. The molecule has 0 fully saturated rings. The van der Waals surface area contributed by atoms with E-state index in [4.69, 9.17) is 4.74 Å². The molecule has 3 heterocycles. The summed E-state index contributed by atoms with van der Waals surface area (Å²) in [7, 11) is 0. The quantitative estimate of drug-likeness (QED) is 0.183. The Morgan fingerprint density at radius 2 is 1.97 bits per heavy atom. The molecule has 1 aliphatic carbocycles. The Hall–Kier alpha value is -2.28. The van der Waals surface area contributed by atoms with E-state index in [0.717, 1.165) is 42.5 Å². The number of aromatic nitrogens is 2. The molecule has 0 saturated heterocycles. The molecule has 3 aromatic heterocycles. The van der Waals surface area contributed by atoms with Crippen molar-refractivity contribution in [1.82, 2.24) is 10.2 Å². The van der Waals surface area contributed by atoms with Gasteiger partial charge in [-0.3, -0.25) is 14.9 Å². The van der Waals surface area contributed by atoms with Crippen LogP contribution in [0, 0.1) is 0 Å². The predicted octanol–water partition coefficient (Wildman–Crippen LogP) is 5.09. The van der Waals surface area contributed by atoms with Crippen LogP contribution in [-0.4, -0.2) is 40.3 Å². The van der Waals surface area contributed by atoms with Crippen LogP contribution >= 0.6 is 45.8 Å². The van der Waals surface area contributed by atoms with Gasteiger partial charge in [0.2, 0.25) is 11.0 Å². The molecule has 0 aromatic carbocycles. The fraction of sp³-hybridized carbons (Fsp3) is 0.381. The third-order valence-electron chi connectivity index (χ3n) is 4.85. The summed E-state index contributed by atoms with van der Waals surface area (Å²) in [6, 6.07) is 3.54. The van der Waals surface area contributed by atoms with E-state index >= 15 is 0 Å². The van der Waals surface area contributed by atoms with Crippen LogP contribution in [0.4, 0.5) is 10.1 Å². The third-order valence-corrected chi connectivity index (χ3v) is 8.90. The molecule has 174 valence electrons. The Morgan fingerprint density at radius 1 is 1.12 bits per heavy atom. The molecule has 0 radical (unpaired) electrons. The van der Waals surface area contributed by atoms with Crippen molar-refractivity contribution in [2.24, 2.45) is 0 Å². The predicted molar refractivity (Wildman–Crippen MR) is 133 cm³/mol. The molecule has 12 heteroatoms. The zero-order valence-electron chi connectivity index (χ0n) is 17.8. The van der Waals surface area contributed by atoms with E-state index in [-0.39, 0.29) is 30.1 Å². The number of ether oxygens (including phenoxy) is 1. The van der Waals surface area contributed by atoms with Gasteiger partial charge in [-0.05, 0) is 49.6 Å². The first-order valence-corrected chi connectivity index (χ1v) is 14.0.